The summed E-state index contributed by atoms with van der Waals surface area (Å²) in [6.07, 6.45) is 0. The summed E-state index contributed by atoms with van der Waals surface area (Å²) in [6.45, 7) is 1.69. The second-order valence-electron chi connectivity index (χ2n) is 3.95. The van der Waals surface area contributed by atoms with Crippen LogP contribution in [0, 0.1) is 5.82 Å². The van der Waals surface area contributed by atoms with Crippen LogP contribution >= 0.6 is 35.1 Å². The normalized spacial score (nSPS) is 20.5. The van der Waals surface area contributed by atoms with E-state index in [1.165, 1.54) is 23.3 Å². The van der Waals surface area contributed by atoms with Gasteiger partial charge in [0.1, 0.15) is 5.82 Å². The highest BCUT2D eigenvalue weighted by atomic mass is 35.5. The molecular weight excluding hydrogens is 277 g/mol. The molecule has 1 unspecified atom stereocenters. The molecule has 1 heterocycles. The van der Waals surface area contributed by atoms with Crippen LogP contribution in [-0.2, 0) is 6.54 Å². The van der Waals surface area contributed by atoms with Gasteiger partial charge in [0.05, 0.1) is 5.02 Å². The van der Waals surface area contributed by atoms with E-state index >= 15 is 0 Å². The maximum atomic E-state index is 13.2. The second-order valence-corrected chi connectivity index (χ2v) is 6.91. The van der Waals surface area contributed by atoms with E-state index in [0.29, 0.717) is 11.8 Å². The topological polar surface area (TPSA) is 12.0 Å². The fourth-order valence-electron chi connectivity index (χ4n) is 1.68. The first-order valence-corrected chi connectivity index (χ1v) is 8.18. The molecule has 1 aromatic rings. The Morgan fingerprint density at radius 3 is 3.00 bits per heavy atom. The number of hydrogen-bond acceptors (Lipinski definition) is 3. The molecule has 0 saturated carbocycles. The smallest absolute Gasteiger partial charge is 0.142 e. The Morgan fingerprint density at radius 1 is 1.41 bits per heavy atom. The number of rotatable bonds is 4. The largest absolute Gasteiger partial charge is 0.312 e. The maximum absolute atomic E-state index is 13.2. The lowest BCUT2D eigenvalue weighted by Gasteiger charge is -2.21. The van der Waals surface area contributed by atoms with Gasteiger partial charge in [-0.2, -0.15) is 23.5 Å². The van der Waals surface area contributed by atoms with Crippen LogP contribution in [0.15, 0.2) is 18.2 Å². The third-order valence-electron chi connectivity index (χ3n) is 2.57. The summed E-state index contributed by atoms with van der Waals surface area (Å²) in [6, 6.07) is 4.97. The van der Waals surface area contributed by atoms with Crippen LogP contribution in [0.1, 0.15) is 5.56 Å². The van der Waals surface area contributed by atoms with Crippen LogP contribution < -0.4 is 5.32 Å². The van der Waals surface area contributed by atoms with Gasteiger partial charge in [-0.1, -0.05) is 17.7 Å². The Labute approximate surface area is 115 Å². The molecule has 5 heteroatoms. The summed E-state index contributed by atoms with van der Waals surface area (Å²) in [7, 11) is 0. The molecule has 0 aliphatic carbocycles. The van der Waals surface area contributed by atoms with E-state index in [2.05, 4.69) is 5.32 Å². The highest BCUT2D eigenvalue weighted by Crippen LogP contribution is 2.23. The molecule has 1 saturated heterocycles. The van der Waals surface area contributed by atoms with Crippen molar-refractivity contribution in [2.45, 2.75) is 11.8 Å². The molecule has 0 bridgehead atoms. The molecule has 1 aliphatic heterocycles. The predicted molar refractivity (Wildman–Crippen MR) is 76.7 cm³/mol. The second kappa shape index (κ2) is 6.88. The molecule has 94 valence electrons. The Kier molecular flexibility index (Phi) is 5.48. The van der Waals surface area contributed by atoms with Gasteiger partial charge >= 0.3 is 0 Å². The van der Waals surface area contributed by atoms with Crippen LogP contribution in [-0.4, -0.2) is 29.1 Å². The van der Waals surface area contributed by atoms with Gasteiger partial charge in [0.25, 0.3) is 0 Å². The van der Waals surface area contributed by atoms with Crippen LogP contribution in [0.25, 0.3) is 0 Å². The fourth-order valence-corrected chi connectivity index (χ4v) is 4.45. The van der Waals surface area contributed by atoms with Gasteiger partial charge in [-0.25, -0.2) is 4.39 Å². The summed E-state index contributed by atoms with van der Waals surface area (Å²) in [5.41, 5.74) is 0.945. The van der Waals surface area contributed by atoms with Crippen molar-refractivity contribution in [3.8, 4) is 0 Å². The number of benzene rings is 1. The number of hydrogen-bond donors (Lipinski definition) is 1. The zero-order valence-electron chi connectivity index (χ0n) is 9.42. The summed E-state index contributed by atoms with van der Waals surface area (Å²) in [4.78, 5) is 0. The molecule has 17 heavy (non-hydrogen) atoms. The van der Waals surface area contributed by atoms with Crippen molar-refractivity contribution >= 4 is 35.1 Å². The maximum Gasteiger partial charge on any atom is 0.142 e. The minimum Gasteiger partial charge on any atom is -0.312 e. The van der Waals surface area contributed by atoms with Gasteiger partial charge in [-0.05, 0) is 17.7 Å². The zero-order chi connectivity index (χ0) is 12.1. The molecule has 1 N–H and O–H groups in total. The molecule has 1 aromatic carbocycles. The minimum atomic E-state index is -0.339. The summed E-state index contributed by atoms with van der Waals surface area (Å²) < 4.78 is 13.2. The van der Waals surface area contributed by atoms with E-state index in [1.807, 2.05) is 29.6 Å². The fraction of sp³-hybridized carbons (Fsp3) is 0.500. The number of nitrogens with one attached hydrogen (secondary N) is 1. The van der Waals surface area contributed by atoms with E-state index in [4.69, 9.17) is 11.6 Å². The lowest BCUT2D eigenvalue weighted by atomic mass is 10.2. The molecular formula is C12H15ClFNS2. The van der Waals surface area contributed by atoms with Crippen LogP contribution in [0.5, 0.6) is 0 Å². The van der Waals surface area contributed by atoms with E-state index in [9.17, 15) is 4.39 Å². The molecule has 0 aromatic heterocycles. The lowest BCUT2D eigenvalue weighted by molar-refractivity contribution is 0.620. The third-order valence-corrected chi connectivity index (χ3v) is 5.72. The lowest BCUT2D eigenvalue weighted by Crippen LogP contribution is -2.28. The van der Waals surface area contributed by atoms with Gasteiger partial charge < -0.3 is 5.32 Å². The monoisotopic (exact) mass is 291 g/mol. The van der Waals surface area contributed by atoms with Crippen molar-refractivity contribution < 1.29 is 4.39 Å². The summed E-state index contributed by atoms with van der Waals surface area (Å²) in [5, 5.41) is 4.25. The Morgan fingerprint density at radius 2 is 2.29 bits per heavy atom. The highest BCUT2D eigenvalue weighted by Gasteiger charge is 2.13. The van der Waals surface area contributed by atoms with Gasteiger partial charge in [-0.15, -0.1) is 0 Å². The predicted octanol–water partition coefficient (Wildman–Crippen LogP) is 3.42. The summed E-state index contributed by atoms with van der Waals surface area (Å²) >= 11 is 9.68. The molecule has 0 amide bonds. The standard InChI is InChI=1S/C12H15ClFNS2/c13-11-2-1-9(5-12(11)14)6-15-7-10-8-16-3-4-17-10/h1-2,5,10,15H,3-4,6-8H2. The first-order valence-electron chi connectivity index (χ1n) is 5.59. The van der Waals surface area contributed by atoms with Crippen molar-refractivity contribution in [1.29, 1.82) is 0 Å². The molecule has 1 nitrogen and oxygen atoms in total. The highest BCUT2D eigenvalue weighted by molar-refractivity contribution is 8.06. The zero-order valence-corrected chi connectivity index (χ0v) is 11.8. The van der Waals surface area contributed by atoms with E-state index in [1.54, 1.807) is 6.07 Å². The van der Waals surface area contributed by atoms with Crippen molar-refractivity contribution in [3.63, 3.8) is 0 Å². The average Bonchev–Trinajstić information content (AvgIpc) is 2.35. The van der Waals surface area contributed by atoms with E-state index < -0.39 is 0 Å². The van der Waals surface area contributed by atoms with Crippen LogP contribution in [0.2, 0.25) is 5.02 Å². The van der Waals surface area contributed by atoms with Crippen LogP contribution in [0.4, 0.5) is 4.39 Å². The molecule has 1 fully saturated rings. The first-order chi connectivity index (χ1) is 8.25. The Balaban J connectivity index is 1.75. The number of halogens is 2. The van der Waals surface area contributed by atoms with E-state index in [-0.39, 0.29) is 10.8 Å². The Bertz CT molecular complexity index is 370. The van der Waals surface area contributed by atoms with Gasteiger partial charge in [0, 0.05) is 35.6 Å². The molecule has 1 atom stereocenters. The third kappa shape index (κ3) is 4.36. The first kappa shape index (κ1) is 13.5. The molecule has 0 radical (unpaired) electrons. The average molecular weight is 292 g/mol. The van der Waals surface area contributed by atoms with Crippen LogP contribution in [0.3, 0.4) is 0 Å². The van der Waals surface area contributed by atoms with Gasteiger partial charge in [0.2, 0.25) is 0 Å². The van der Waals surface area contributed by atoms with Crippen molar-refractivity contribution in [2.75, 3.05) is 23.8 Å². The number of thioether (sulfide) groups is 2. The van der Waals surface area contributed by atoms with Gasteiger partial charge in [-0.3, -0.25) is 0 Å². The minimum absolute atomic E-state index is 0.188. The quantitative estimate of drug-likeness (QED) is 0.913. The van der Waals surface area contributed by atoms with Crippen molar-refractivity contribution in [1.82, 2.24) is 5.32 Å². The van der Waals surface area contributed by atoms with Gasteiger partial charge in [0.15, 0.2) is 0 Å². The molecule has 2 rings (SSSR count). The molecule has 0 spiro atoms. The molecule has 1 aliphatic rings. The Hall–Kier alpha value is 0.1000. The van der Waals surface area contributed by atoms with E-state index in [0.717, 1.165) is 12.1 Å². The van der Waals surface area contributed by atoms with Crippen molar-refractivity contribution in [3.05, 3.63) is 34.6 Å². The van der Waals surface area contributed by atoms with Crippen molar-refractivity contribution in [2.24, 2.45) is 0 Å². The SMILES string of the molecule is Fc1cc(CNCC2CSCCS2)ccc1Cl. The summed E-state index contributed by atoms with van der Waals surface area (Å²) in [5.74, 6) is 3.39.